The monoisotopic (exact) mass is 384 g/mol. The van der Waals surface area contributed by atoms with Crippen LogP contribution in [0, 0.1) is 11.7 Å². The molecule has 6 nitrogen and oxygen atoms in total. The first-order valence-corrected chi connectivity index (χ1v) is 10.4. The number of morpholine rings is 1. The summed E-state index contributed by atoms with van der Waals surface area (Å²) in [6.45, 7) is 5.44. The minimum atomic E-state index is -3.73. The average Bonchev–Trinajstić information content (AvgIpc) is 2.63. The summed E-state index contributed by atoms with van der Waals surface area (Å²) >= 11 is 0. The fourth-order valence-electron chi connectivity index (χ4n) is 3.56. The quantitative estimate of drug-likeness (QED) is 0.798. The van der Waals surface area contributed by atoms with Crippen LogP contribution in [0.15, 0.2) is 29.2 Å². The number of rotatable bonds is 3. The molecule has 0 radical (unpaired) electrons. The Kier molecular flexibility index (Phi) is 5.64. The molecule has 2 heterocycles. The van der Waals surface area contributed by atoms with E-state index in [0.29, 0.717) is 32.5 Å². The van der Waals surface area contributed by atoms with E-state index in [-0.39, 0.29) is 35.4 Å². The van der Waals surface area contributed by atoms with Crippen LogP contribution in [0.3, 0.4) is 0 Å². The van der Waals surface area contributed by atoms with E-state index >= 15 is 0 Å². The van der Waals surface area contributed by atoms with E-state index in [4.69, 9.17) is 4.74 Å². The second kappa shape index (κ2) is 7.62. The topological polar surface area (TPSA) is 66.9 Å². The van der Waals surface area contributed by atoms with Crippen molar-refractivity contribution in [1.29, 1.82) is 0 Å². The number of piperidine rings is 1. The van der Waals surface area contributed by atoms with Crippen LogP contribution in [0.25, 0.3) is 0 Å². The molecule has 2 saturated heterocycles. The van der Waals surface area contributed by atoms with Crippen LogP contribution in [-0.2, 0) is 19.6 Å². The van der Waals surface area contributed by atoms with Crippen molar-refractivity contribution in [3.63, 3.8) is 0 Å². The van der Waals surface area contributed by atoms with E-state index in [0.717, 1.165) is 12.1 Å². The van der Waals surface area contributed by atoms with Crippen LogP contribution in [0.1, 0.15) is 26.7 Å². The molecule has 3 unspecified atom stereocenters. The predicted molar refractivity (Wildman–Crippen MR) is 94.5 cm³/mol. The van der Waals surface area contributed by atoms with Crippen LogP contribution in [0.5, 0.6) is 0 Å². The van der Waals surface area contributed by atoms with Crippen molar-refractivity contribution in [1.82, 2.24) is 9.21 Å². The average molecular weight is 384 g/mol. The Morgan fingerprint density at radius 2 is 1.88 bits per heavy atom. The van der Waals surface area contributed by atoms with Gasteiger partial charge in [-0.05, 0) is 51.0 Å². The van der Waals surface area contributed by atoms with Crippen LogP contribution >= 0.6 is 0 Å². The van der Waals surface area contributed by atoms with Crippen molar-refractivity contribution in [2.45, 2.75) is 43.7 Å². The number of hydrogen-bond acceptors (Lipinski definition) is 4. The number of benzene rings is 1. The molecule has 0 saturated carbocycles. The first kappa shape index (κ1) is 19.3. The molecule has 0 aliphatic carbocycles. The van der Waals surface area contributed by atoms with Gasteiger partial charge in [0.1, 0.15) is 5.82 Å². The van der Waals surface area contributed by atoms with Crippen molar-refractivity contribution in [3.8, 4) is 0 Å². The summed E-state index contributed by atoms with van der Waals surface area (Å²) in [5.74, 6) is -0.843. The molecule has 0 spiro atoms. The van der Waals surface area contributed by atoms with Crippen LogP contribution in [0.2, 0.25) is 0 Å². The van der Waals surface area contributed by atoms with Gasteiger partial charge in [0.05, 0.1) is 29.6 Å². The lowest BCUT2D eigenvalue weighted by Gasteiger charge is -2.40. The molecule has 26 heavy (non-hydrogen) atoms. The second-order valence-electron chi connectivity index (χ2n) is 7.14. The number of nitrogens with zero attached hydrogens (tertiary/aromatic N) is 2. The molecule has 1 aromatic rings. The highest BCUT2D eigenvalue weighted by Gasteiger charge is 2.37. The number of carbonyl (C=O) groups is 1. The number of hydrogen-bond donors (Lipinski definition) is 0. The van der Waals surface area contributed by atoms with Gasteiger partial charge in [-0.15, -0.1) is 0 Å². The summed E-state index contributed by atoms with van der Waals surface area (Å²) in [5.41, 5.74) is 0. The van der Waals surface area contributed by atoms with E-state index < -0.39 is 15.8 Å². The molecule has 3 atom stereocenters. The van der Waals surface area contributed by atoms with E-state index in [1.165, 1.54) is 16.4 Å². The third kappa shape index (κ3) is 3.92. The minimum Gasteiger partial charge on any atom is -0.375 e. The molecule has 1 amide bonds. The Hall–Kier alpha value is -1.51. The van der Waals surface area contributed by atoms with Gasteiger partial charge in [0.2, 0.25) is 15.9 Å². The smallest absolute Gasteiger partial charge is 0.243 e. The van der Waals surface area contributed by atoms with E-state index in [1.807, 2.05) is 18.7 Å². The Labute approximate surface area is 154 Å². The normalized spacial score (nSPS) is 28.1. The third-order valence-electron chi connectivity index (χ3n) is 5.08. The van der Waals surface area contributed by atoms with Gasteiger partial charge >= 0.3 is 0 Å². The molecule has 8 heteroatoms. The number of sulfonamides is 1. The third-order valence-corrected chi connectivity index (χ3v) is 6.96. The zero-order valence-electron chi connectivity index (χ0n) is 15.1. The van der Waals surface area contributed by atoms with Gasteiger partial charge in [0.25, 0.3) is 0 Å². The summed E-state index contributed by atoms with van der Waals surface area (Å²) in [6.07, 6.45) is 1.29. The number of ether oxygens (including phenoxy) is 1. The summed E-state index contributed by atoms with van der Waals surface area (Å²) in [5, 5.41) is 0. The largest absolute Gasteiger partial charge is 0.375 e. The van der Waals surface area contributed by atoms with Crippen molar-refractivity contribution in [2.24, 2.45) is 5.92 Å². The number of amides is 1. The van der Waals surface area contributed by atoms with Crippen molar-refractivity contribution < 1.29 is 22.3 Å². The minimum absolute atomic E-state index is 0.00773. The van der Waals surface area contributed by atoms with Crippen LogP contribution < -0.4 is 0 Å². The SMILES string of the molecule is CC1CN(C(=O)C2CCCN(S(=O)(=O)c3ccc(F)cc3)C2)C(C)CO1. The van der Waals surface area contributed by atoms with Gasteiger partial charge in [-0.25, -0.2) is 12.8 Å². The highest BCUT2D eigenvalue weighted by Crippen LogP contribution is 2.26. The lowest BCUT2D eigenvalue weighted by Crippen LogP contribution is -2.54. The maximum atomic E-state index is 13.1. The van der Waals surface area contributed by atoms with Crippen LogP contribution in [0.4, 0.5) is 4.39 Å². The van der Waals surface area contributed by atoms with Crippen LogP contribution in [-0.4, -0.2) is 61.9 Å². The molecule has 2 aliphatic heterocycles. The molecule has 3 rings (SSSR count). The Morgan fingerprint density at radius 3 is 2.58 bits per heavy atom. The van der Waals surface area contributed by atoms with E-state index in [9.17, 15) is 17.6 Å². The zero-order valence-corrected chi connectivity index (χ0v) is 15.9. The zero-order chi connectivity index (χ0) is 18.9. The summed E-state index contributed by atoms with van der Waals surface area (Å²) in [4.78, 5) is 14.8. The molecule has 2 fully saturated rings. The van der Waals surface area contributed by atoms with Crippen molar-refractivity contribution in [3.05, 3.63) is 30.1 Å². The molecular formula is C18H25FN2O4S. The highest BCUT2D eigenvalue weighted by atomic mass is 32.2. The first-order valence-electron chi connectivity index (χ1n) is 8.97. The van der Waals surface area contributed by atoms with Crippen molar-refractivity contribution in [2.75, 3.05) is 26.2 Å². The number of carbonyl (C=O) groups excluding carboxylic acids is 1. The fourth-order valence-corrected chi connectivity index (χ4v) is 5.09. The summed E-state index contributed by atoms with van der Waals surface area (Å²) < 4.78 is 45.6. The van der Waals surface area contributed by atoms with Gasteiger partial charge in [0.15, 0.2) is 0 Å². The summed E-state index contributed by atoms with van der Waals surface area (Å²) in [7, 11) is -3.73. The Morgan fingerprint density at radius 1 is 1.19 bits per heavy atom. The van der Waals surface area contributed by atoms with Gasteiger partial charge in [-0.2, -0.15) is 4.31 Å². The fraction of sp³-hybridized carbons (Fsp3) is 0.611. The standard InChI is InChI=1S/C18H25FN2O4S/c1-13-12-25-14(2)10-21(13)18(22)15-4-3-9-20(11-15)26(23,24)17-7-5-16(19)6-8-17/h5-8,13-15H,3-4,9-12H2,1-2H3. The molecule has 1 aromatic carbocycles. The lowest BCUT2D eigenvalue weighted by atomic mass is 9.97. The highest BCUT2D eigenvalue weighted by molar-refractivity contribution is 7.89. The number of halogens is 1. The second-order valence-corrected chi connectivity index (χ2v) is 9.08. The maximum absolute atomic E-state index is 13.1. The maximum Gasteiger partial charge on any atom is 0.243 e. The first-order chi connectivity index (χ1) is 12.3. The molecule has 0 bridgehead atoms. The van der Waals surface area contributed by atoms with Crippen molar-refractivity contribution >= 4 is 15.9 Å². The predicted octanol–water partition coefficient (Wildman–Crippen LogP) is 1.86. The van der Waals surface area contributed by atoms with Gasteiger partial charge in [-0.3, -0.25) is 4.79 Å². The van der Waals surface area contributed by atoms with Gasteiger partial charge in [-0.1, -0.05) is 0 Å². The Balaban J connectivity index is 1.74. The van der Waals surface area contributed by atoms with E-state index in [2.05, 4.69) is 0 Å². The Bertz CT molecular complexity index is 753. The molecule has 144 valence electrons. The molecular weight excluding hydrogens is 359 g/mol. The molecule has 2 aliphatic rings. The van der Waals surface area contributed by atoms with Gasteiger partial charge < -0.3 is 9.64 Å². The molecule has 0 aromatic heterocycles. The molecule has 0 N–H and O–H groups in total. The lowest BCUT2D eigenvalue weighted by molar-refractivity contribution is -0.148. The van der Waals surface area contributed by atoms with E-state index in [1.54, 1.807) is 0 Å². The van der Waals surface area contributed by atoms with Gasteiger partial charge in [0, 0.05) is 19.6 Å². The summed E-state index contributed by atoms with van der Waals surface area (Å²) in [6, 6.07) is 4.79.